The van der Waals surface area contributed by atoms with Crippen LogP contribution in [0, 0.1) is 35.6 Å². The van der Waals surface area contributed by atoms with Crippen LogP contribution in [-0.2, 0) is 9.53 Å². The third-order valence-corrected chi connectivity index (χ3v) is 5.51. The van der Waals surface area contributed by atoms with Gasteiger partial charge in [0.15, 0.2) is 5.11 Å². The number of halogens is 2. The van der Waals surface area contributed by atoms with E-state index in [1.54, 1.807) is 11.8 Å². The van der Waals surface area contributed by atoms with Crippen LogP contribution in [0.25, 0.3) is 0 Å². The molecule has 31 heavy (non-hydrogen) atoms. The molecular formula is C21H19F2N3O4S. The molecule has 0 amide bonds. The molecule has 2 aromatic carbocycles. The van der Waals surface area contributed by atoms with Gasteiger partial charge in [-0.25, -0.2) is 9.18 Å². The van der Waals surface area contributed by atoms with Crippen LogP contribution < -0.4 is 10.2 Å². The number of hydrogen-bond acceptors (Lipinski definition) is 5. The largest absolute Gasteiger partial charge is 0.466 e. The van der Waals surface area contributed by atoms with Gasteiger partial charge in [0.05, 0.1) is 23.6 Å². The van der Waals surface area contributed by atoms with Crippen molar-refractivity contribution in [3.8, 4) is 0 Å². The lowest BCUT2D eigenvalue weighted by atomic mass is 9.93. The summed E-state index contributed by atoms with van der Waals surface area (Å²) in [7, 11) is 1.16. The number of nitrogens with one attached hydrogen (secondary N) is 1. The van der Waals surface area contributed by atoms with Gasteiger partial charge in [-0.05, 0) is 56.2 Å². The number of thiocarbonyl (C=S) groups is 1. The fraction of sp³-hybridized carbons (Fsp3) is 0.238. The maximum Gasteiger partial charge on any atom is 0.337 e. The fourth-order valence-electron chi connectivity index (χ4n) is 3.44. The third-order valence-electron chi connectivity index (χ3n) is 5.21. The summed E-state index contributed by atoms with van der Waals surface area (Å²) in [5.41, 5.74) is 1.87. The standard InChI is InChI=1S/C21H19F2N3O4S/c1-10-5-6-13(7-11(10)2)25-12(3)18(20(27)30-4)19(24-21(25)31)14-8-17(26(28)29)16(23)9-15(14)22/h5-9,19H,1-4H3,(H,24,31). The molecule has 0 bridgehead atoms. The molecule has 7 nitrogen and oxygen atoms in total. The lowest BCUT2D eigenvalue weighted by Gasteiger charge is -2.37. The Morgan fingerprint density at radius 2 is 1.84 bits per heavy atom. The van der Waals surface area contributed by atoms with Crippen molar-refractivity contribution in [1.82, 2.24) is 5.32 Å². The Bertz CT molecular complexity index is 1150. The van der Waals surface area contributed by atoms with E-state index < -0.39 is 34.3 Å². The number of carbonyl (C=O) groups is 1. The second kappa shape index (κ2) is 8.38. The van der Waals surface area contributed by atoms with Crippen molar-refractivity contribution in [2.45, 2.75) is 26.8 Å². The Hall–Kier alpha value is -3.40. The number of nitro groups is 1. The summed E-state index contributed by atoms with van der Waals surface area (Å²) < 4.78 is 33.4. The van der Waals surface area contributed by atoms with Gasteiger partial charge in [0.2, 0.25) is 5.82 Å². The summed E-state index contributed by atoms with van der Waals surface area (Å²) in [5, 5.41) is 14.1. The van der Waals surface area contributed by atoms with E-state index in [1.807, 2.05) is 32.0 Å². The first-order chi connectivity index (χ1) is 14.6. The number of esters is 1. The lowest BCUT2D eigenvalue weighted by molar-refractivity contribution is -0.387. The highest BCUT2D eigenvalue weighted by Gasteiger charge is 2.37. The third kappa shape index (κ3) is 3.98. The van der Waals surface area contributed by atoms with E-state index in [2.05, 4.69) is 5.32 Å². The summed E-state index contributed by atoms with van der Waals surface area (Å²) in [4.78, 5) is 24.4. The Balaban J connectivity index is 2.22. The van der Waals surface area contributed by atoms with E-state index in [0.29, 0.717) is 17.5 Å². The van der Waals surface area contributed by atoms with E-state index >= 15 is 0 Å². The first-order valence-electron chi connectivity index (χ1n) is 9.17. The second-order valence-corrected chi connectivity index (χ2v) is 7.45. The normalized spacial score (nSPS) is 16.3. The minimum atomic E-state index is -1.32. The zero-order valence-electron chi connectivity index (χ0n) is 17.2. The minimum Gasteiger partial charge on any atom is -0.466 e. The predicted molar refractivity (Wildman–Crippen MR) is 115 cm³/mol. The van der Waals surface area contributed by atoms with Crippen molar-refractivity contribution in [3.63, 3.8) is 0 Å². The Labute approximate surface area is 182 Å². The maximum absolute atomic E-state index is 14.7. The summed E-state index contributed by atoms with van der Waals surface area (Å²) in [6.45, 7) is 5.49. The number of hydrogen-bond donors (Lipinski definition) is 1. The molecule has 0 saturated heterocycles. The van der Waals surface area contributed by atoms with Crippen molar-refractivity contribution >= 4 is 34.7 Å². The molecule has 162 valence electrons. The van der Waals surface area contributed by atoms with Crippen molar-refractivity contribution in [1.29, 1.82) is 0 Å². The van der Waals surface area contributed by atoms with Crippen molar-refractivity contribution in [3.05, 3.63) is 80.0 Å². The first-order valence-corrected chi connectivity index (χ1v) is 9.58. The van der Waals surface area contributed by atoms with Gasteiger partial charge >= 0.3 is 11.7 Å². The van der Waals surface area contributed by atoms with E-state index in [1.165, 1.54) is 0 Å². The number of nitrogens with zero attached hydrogens (tertiary/aromatic N) is 2. The molecule has 0 aliphatic carbocycles. The summed E-state index contributed by atoms with van der Waals surface area (Å²) in [6.07, 6.45) is 0. The van der Waals surface area contributed by atoms with Crippen LogP contribution in [0.1, 0.15) is 29.7 Å². The van der Waals surface area contributed by atoms with Crippen LogP contribution in [0.4, 0.5) is 20.2 Å². The zero-order valence-corrected chi connectivity index (χ0v) is 18.0. The van der Waals surface area contributed by atoms with E-state index in [9.17, 15) is 23.7 Å². The average molecular weight is 447 g/mol. The molecule has 2 aromatic rings. The molecule has 1 heterocycles. The molecular weight excluding hydrogens is 428 g/mol. The van der Waals surface area contributed by atoms with E-state index in [4.69, 9.17) is 17.0 Å². The van der Waals surface area contributed by atoms with Crippen LogP contribution in [0.5, 0.6) is 0 Å². The second-order valence-electron chi connectivity index (χ2n) is 7.06. The number of methoxy groups -OCH3 is 1. The highest BCUT2D eigenvalue weighted by atomic mass is 32.1. The Morgan fingerprint density at radius 1 is 1.16 bits per heavy atom. The van der Waals surface area contributed by atoms with Gasteiger partial charge in [0, 0.05) is 29.1 Å². The van der Waals surface area contributed by atoms with Crippen LogP contribution in [-0.4, -0.2) is 23.1 Å². The SMILES string of the molecule is COC(=O)C1=C(C)N(c2ccc(C)c(C)c2)C(=S)NC1c1cc([N+](=O)[O-])c(F)cc1F. The van der Waals surface area contributed by atoms with Gasteiger partial charge in [0.25, 0.3) is 0 Å². The van der Waals surface area contributed by atoms with Crippen LogP contribution in [0.15, 0.2) is 41.6 Å². The molecule has 0 saturated carbocycles. The molecule has 1 atom stereocenters. The number of ether oxygens (including phenoxy) is 1. The topological polar surface area (TPSA) is 84.7 Å². The molecule has 1 aliphatic rings. The van der Waals surface area contributed by atoms with E-state index in [-0.39, 0.29) is 16.2 Å². The summed E-state index contributed by atoms with van der Waals surface area (Å²) in [5.74, 6) is -3.16. The molecule has 3 rings (SSSR count). The Kier molecular flexibility index (Phi) is 6.03. The quantitative estimate of drug-likeness (QED) is 0.322. The van der Waals surface area contributed by atoms with E-state index in [0.717, 1.165) is 24.3 Å². The smallest absolute Gasteiger partial charge is 0.337 e. The lowest BCUT2D eigenvalue weighted by Crippen LogP contribution is -2.48. The molecule has 1 unspecified atom stereocenters. The number of carbonyl (C=O) groups excluding carboxylic acids is 1. The number of allylic oxidation sites excluding steroid dienone is 1. The van der Waals surface area contributed by atoms with Gasteiger partial charge in [0.1, 0.15) is 5.82 Å². The molecule has 1 aliphatic heterocycles. The van der Waals surface area contributed by atoms with Crippen molar-refractivity contribution < 1.29 is 23.2 Å². The van der Waals surface area contributed by atoms with Crippen molar-refractivity contribution in [2.24, 2.45) is 0 Å². The van der Waals surface area contributed by atoms with Gasteiger partial charge in [-0.15, -0.1) is 0 Å². The van der Waals surface area contributed by atoms with Gasteiger partial charge in [-0.1, -0.05) is 6.07 Å². The molecule has 1 N–H and O–H groups in total. The fourth-order valence-corrected chi connectivity index (χ4v) is 3.80. The predicted octanol–water partition coefficient (Wildman–Crippen LogP) is 4.37. The highest BCUT2D eigenvalue weighted by molar-refractivity contribution is 7.80. The average Bonchev–Trinajstić information content (AvgIpc) is 2.69. The molecule has 10 heteroatoms. The molecule has 0 fully saturated rings. The summed E-state index contributed by atoms with van der Waals surface area (Å²) >= 11 is 5.47. The van der Waals surface area contributed by atoms with Crippen molar-refractivity contribution in [2.75, 3.05) is 12.0 Å². The zero-order chi connectivity index (χ0) is 23.0. The number of aryl methyl sites for hydroxylation is 2. The van der Waals surface area contributed by atoms with Gasteiger partial charge in [-0.2, -0.15) is 4.39 Å². The van der Waals surface area contributed by atoms with Crippen LogP contribution >= 0.6 is 12.2 Å². The minimum absolute atomic E-state index is 0.00543. The van der Waals surface area contributed by atoms with Crippen LogP contribution in [0.2, 0.25) is 0 Å². The number of benzene rings is 2. The van der Waals surface area contributed by atoms with Gasteiger partial charge < -0.3 is 10.1 Å². The highest BCUT2D eigenvalue weighted by Crippen LogP contribution is 2.37. The van der Waals surface area contributed by atoms with Crippen LogP contribution in [0.3, 0.4) is 0 Å². The number of rotatable bonds is 4. The monoisotopic (exact) mass is 447 g/mol. The summed E-state index contributed by atoms with van der Waals surface area (Å²) in [6, 6.07) is 5.56. The first kappa shape index (κ1) is 22.3. The molecule has 0 aromatic heterocycles. The maximum atomic E-state index is 14.7. The number of anilines is 1. The molecule has 0 radical (unpaired) electrons. The molecule has 0 spiro atoms. The Morgan fingerprint density at radius 3 is 2.42 bits per heavy atom. The number of nitro benzene ring substituents is 1. The van der Waals surface area contributed by atoms with Gasteiger partial charge in [-0.3, -0.25) is 15.0 Å².